The van der Waals surface area contributed by atoms with Gasteiger partial charge in [0.2, 0.25) is 0 Å². The zero-order valence-corrected chi connectivity index (χ0v) is 12.4. The fourth-order valence-electron chi connectivity index (χ4n) is 2.01. The van der Waals surface area contributed by atoms with Gasteiger partial charge in [-0.3, -0.25) is 15.0 Å². The number of carbonyl (C=O) groups is 2. The highest BCUT2D eigenvalue weighted by atomic mass is 35.5. The molecule has 0 spiro atoms. The van der Waals surface area contributed by atoms with Crippen molar-refractivity contribution >= 4 is 35.2 Å². The second-order valence-corrected chi connectivity index (χ2v) is 5.04. The number of nitrogens with one attached hydrogen (secondary N) is 1. The van der Waals surface area contributed by atoms with Crippen molar-refractivity contribution in [3.05, 3.63) is 70.9 Å². The number of halogens is 2. The zero-order chi connectivity index (χ0) is 16.4. The fraction of sp³-hybridized carbons (Fsp3) is 0. The molecule has 3 rings (SSSR count). The summed E-state index contributed by atoms with van der Waals surface area (Å²) in [4.78, 5) is 24.2. The van der Waals surface area contributed by atoms with Crippen molar-refractivity contribution in [3.8, 4) is 0 Å². The minimum absolute atomic E-state index is 0.0479. The quantitative estimate of drug-likeness (QED) is 0.694. The molecule has 1 aliphatic rings. The number of hydrazine groups is 1. The number of allylic oxidation sites excluding steroid dienone is 2. The summed E-state index contributed by atoms with van der Waals surface area (Å²) in [5, 5.41) is 0.875. The Kier molecular flexibility index (Phi) is 3.99. The van der Waals surface area contributed by atoms with Gasteiger partial charge in [0.1, 0.15) is 17.2 Å². The van der Waals surface area contributed by atoms with E-state index in [9.17, 15) is 14.0 Å². The fourth-order valence-corrected chi connectivity index (χ4v) is 2.18. The van der Waals surface area contributed by atoms with E-state index in [1.54, 1.807) is 18.2 Å². The molecule has 2 amide bonds. The van der Waals surface area contributed by atoms with Crippen molar-refractivity contribution in [1.82, 2.24) is 5.43 Å². The Labute approximate surface area is 135 Å². The molecule has 2 heterocycles. The lowest BCUT2D eigenvalue weighted by Crippen LogP contribution is -2.35. The molecule has 7 heteroatoms. The van der Waals surface area contributed by atoms with Crippen LogP contribution in [0.25, 0.3) is 6.08 Å². The Bertz CT molecular complexity index is 828. The van der Waals surface area contributed by atoms with Crippen LogP contribution in [0.3, 0.4) is 0 Å². The molecular formula is C16H10ClFN2O3. The van der Waals surface area contributed by atoms with Crippen LogP contribution in [0.15, 0.2) is 58.7 Å². The molecule has 1 aromatic heterocycles. The summed E-state index contributed by atoms with van der Waals surface area (Å²) >= 11 is 5.69. The summed E-state index contributed by atoms with van der Waals surface area (Å²) in [7, 11) is 0. The van der Waals surface area contributed by atoms with E-state index in [2.05, 4.69) is 5.43 Å². The van der Waals surface area contributed by atoms with Crippen LogP contribution in [0.5, 0.6) is 0 Å². The normalized spacial score (nSPS) is 16.6. The van der Waals surface area contributed by atoms with E-state index in [1.165, 1.54) is 30.5 Å². The maximum absolute atomic E-state index is 13.2. The molecule has 1 fully saturated rings. The van der Waals surface area contributed by atoms with Gasteiger partial charge in [-0.1, -0.05) is 17.7 Å². The summed E-state index contributed by atoms with van der Waals surface area (Å²) in [5.41, 5.74) is 2.62. The predicted molar refractivity (Wildman–Crippen MR) is 82.9 cm³/mol. The average Bonchev–Trinajstić information content (AvgIpc) is 3.13. The number of anilines is 1. The molecular weight excluding hydrogens is 323 g/mol. The number of benzene rings is 1. The highest BCUT2D eigenvalue weighted by molar-refractivity contribution is 6.32. The Morgan fingerprint density at radius 1 is 1.26 bits per heavy atom. The van der Waals surface area contributed by atoms with Crippen LogP contribution < -0.4 is 10.4 Å². The smallest absolute Gasteiger partial charge is 0.282 e. The first-order chi connectivity index (χ1) is 11.1. The summed E-state index contributed by atoms with van der Waals surface area (Å²) < 4.78 is 18.3. The largest absolute Gasteiger partial charge is 0.465 e. The third kappa shape index (κ3) is 3.02. The van der Waals surface area contributed by atoms with Gasteiger partial charge in [-0.15, -0.1) is 0 Å². The number of carbonyl (C=O) groups excluding carboxylic acids is 2. The molecule has 23 heavy (non-hydrogen) atoms. The Hall–Kier alpha value is -2.86. The van der Waals surface area contributed by atoms with E-state index in [-0.39, 0.29) is 16.3 Å². The molecule has 1 aliphatic heterocycles. The second kappa shape index (κ2) is 6.10. The maximum Gasteiger partial charge on any atom is 0.282 e. The van der Waals surface area contributed by atoms with Gasteiger partial charge in [0.15, 0.2) is 0 Å². The molecule has 116 valence electrons. The van der Waals surface area contributed by atoms with Gasteiger partial charge in [-0.25, -0.2) is 9.40 Å². The monoisotopic (exact) mass is 332 g/mol. The van der Waals surface area contributed by atoms with Crippen molar-refractivity contribution in [3.63, 3.8) is 0 Å². The van der Waals surface area contributed by atoms with Crippen LogP contribution in [0.2, 0.25) is 5.02 Å². The van der Waals surface area contributed by atoms with Crippen LogP contribution in [-0.2, 0) is 9.59 Å². The summed E-state index contributed by atoms with van der Waals surface area (Å²) in [5.74, 6) is -1.12. The van der Waals surface area contributed by atoms with Gasteiger partial charge in [-0.2, -0.15) is 0 Å². The lowest BCUT2D eigenvalue weighted by molar-refractivity contribution is -0.117. The molecule has 0 atom stereocenters. The molecule has 0 saturated carbocycles. The Morgan fingerprint density at radius 2 is 2.09 bits per heavy atom. The molecule has 1 saturated heterocycles. The van der Waals surface area contributed by atoms with Crippen molar-refractivity contribution in [2.75, 3.05) is 5.01 Å². The Morgan fingerprint density at radius 3 is 2.78 bits per heavy atom. The van der Waals surface area contributed by atoms with E-state index in [1.807, 2.05) is 0 Å². The van der Waals surface area contributed by atoms with Gasteiger partial charge in [0.05, 0.1) is 17.0 Å². The van der Waals surface area contributed by atoms with E-state index >= 15 is 0 Å². The first-order valence-electron chi connectivity index (χ1n) is 6.58. The molecule has 2 aromatic rings. The third-order valence-electron chi connectivity index (χ3n) is 3.12. The number of nitrogens with zero attached hydrogens (tertiary/aromatic N) is 1. The average molecular weight is 333 g/mol. The number of amides is 2. The molecule has 1 N–H and O–H groups in total. The van der Waals surface area contributed by atoms with Gasteiger partial charge in [-0.05, 0) is 42.5 Å². The molecule has 0 aliphatic carbocycles. The number of rotatable bonds is 3. The lowest BCUT2D eigenvalue weighted by atomic mass is 10.2. The third-order valence-corrected chi connectivity index (χ3v) is 3.41. The van der Waals surface area contributed by atoms with Gasteiger partial charge in [0, 0.05) is 0 Å². The topological polar surface area (TPSA) is 62.6 Å². The number of hydrogen-bond acceptors (Lipinski definition) is 3. The van der Waals surface area contributed by atoms with Crippen LogP contribution in [0, 0.1) is 5.82 Å². The molecule has 1 aromatic carbocycles. The van der Waals surface area contributed by atoms with E-state index in [0.717, 1.165) is 11.1 Å². The SMILES string of the molecule is O=C1NN(c2ccc(F)c(Cl)c2)C(=O)C1=CC=Cc1ccco1. The van der Waals surface area contributed by atoms with Crippen LogP contribution >= 0.6 is 11.6 Å². The zero-order valence-electron chi connectivity index (χ0n) is 11.6. The number of hydrogen-bond donors (Lipinski definition) is 1. The Balaban J connectivity index is 1.83. The van der Waals surface area contributed by atoms with Crippen molar-refractivity contribution in [2.45, 2.75) is 0 Å². The summed E-state index contributed by atoms with van der Waals surface area (Å²) in [6, 6.07) is 7.19. The van der Waals surface area contributed by atoms with E-state index in [0.29, 0.717) is 5.76 Å². The van der Waals surface area contributed by atoms with Crippen LogP contribution in [0.1, 0.15) is 5.76 Å². The molecule has 0 radical (unpaired) electrons. The first kappa shape index (κ1) is 15.1. The van der Waals surface area contributed by atoms with Crippen LogP contribution in [0.4, 0.5) is 10.1 Å². The standard InChI is InChI=1S/C16H10ClFN2O3/c17-13-9-10(6-7-14(13)18)20-16(22)12(15(21)19-20)5-1-3-11-4-2-8-23-11/h1-9H,(H,19,21). The highest BCUT2D eigenvalue weighted by Crippen LogP contribution is 2.25. The van der Waals surface area contributed by atoms with Gasteiger partial charge >= 0.3 is 0 Å². The first-order valence-corrected chi connectivity index (χ1v) is 6.96. The lowest BCUT2D eigenvalue weighted by Gasteiger charge is -2.14. The number of furan rings is 1. The van der Waals surface area contributed by atoms with Crippen molar-refractivity contribution in [2.24, 2.45) is 0 Å². The van der Waals surface area contributed by atoms with E-state index < -0.39 is 17.6 Å². The molecule has 0 bridgehead atoms. The van der Waals surface area contributed by atoms with Gasteiger partial charge in [0.25, 0.3) is 11.8 Å². The summed E-state index contributed by atoms with van der Waals surface area (Å²) in [6.07, 6.45) is 6.04. The predicted octanol–water partition coefficient (Wildman–Crippen LogP) is 3.09. The summed E-state index contributed by atoms with van der Waals surface area (Å²) in [6.45, 7) is 0. The second-order valence-electron chi connectivity index (χ2n) is 4.63. The molecule has 5 nitrogen and oxygen atoms in total. The maximum atomic E-state index is 13.2. The minimum Gasteiger partial charge on any atom is -0.465 e. The molecule has 0 unspecified atom stereocenters. The van der Waals surface area contributed by atoms with Crippen LogP contribution in [-0.4, -0.2) is 11.8 Å². The van der Waals surface area contributed by atoms with Crippen molar-refractivity contribution < 1.29 is 18.4 Å². The minimum atomic E-state index is -0.606. The highest BCUT2D eigenvalue weighted by Gasteiger charge is 2.34. The van der Waals surface area contributed by atoms with Gasteiger partial charge < -0.3 is 4.42 Å². The van der Waals surface area contributed by atoms with E-state index in [4.69, 9.17) is 16.0 Å². The van der Waals surface area contributed by atoms with Crippen molar-refractivity contribution in [1.29, 1.82) is 0 Å².